The van der Waals surface area contributed by atoms with Gasteiger partial charge in [0.15, 0.2) is 0 Å². The van der Waals surface area contributed by atoms with Crippen molar-refractivity contribution < 1.29 is 9.90 Å². The molecule has 1 unspecified atom stereocenters. The van der Waals surface area contributed by atoms with Crippen molar-refractivity contribution in [3.8, 4) is 16.8 Å². The Kier molecular flexibility index (Phi) is 5.88. The molecule has 2 fully saturated rings. The van der Waals surface area contributed by atoms with E-state index in [9.17, 15) is 9.90 Å². The zero-order valence-corrected chi connectivity index (χ0v) is 20.8. The fourth-order valence-electron chi connectivity index (χ4n) is 5.62. The van der Waals surface area contributed by atoms with Gasteiger partial charge in [0.1, 0.15) is 0 Å². The van der Waals surface area contributed by atoms with E-state index >= 15 is 0 Å². The molecule has 1 saturated heterocycles. The van der Waals surface area contributed by atoms with Crippen LogP contribution in [0.3, 0.4) is 0 Å². The van der Waals surface area contributed by atoms with E-state index in [0.29, 0.717) is 32.4 Å². The summed E-state index contributed by atoms with van der Waals surface area (Å²) in [5, 5.41) is 22.5. The average molecular weight is 484 g/mol. The number of benzene rings is 2. The molecule has 2 aromatic carbocycles. The van der Waals surface area contributed by atoms with Gasteiger partial charge in [-0.15, -0.1) is 0 Å². The number of rotatable bonds is 6. The van der Waals surface area contributed by atoms with Gasteiger partial charge in [0.25, 0.3) is 0 Å². The third-order valence-corrected chi connectivity index (χ3v) is 7.88. The monoisotopic (exact) mass is 483 g/mol. The van der Waals surface area contributed by atoms with Gasteiger partial charge >= 0.3 is 0 Å². The Bertz CT molecular complexity index is 1270. The van der Waals surface area contributed by atoms with Crippen molar-refractivity contribution in [1.29, 1.82) is 0 Å². The molecule has 0 bridgehead atoms. The van der Waals surface area contributed by atoms with Crippen LogP contribution in [0.5, 0.6) is 0 Å². The predicted molar refractivity (Wildman–Crippen MR) is 141 cm³/mol. The van der Waals surface area contributed by atoms with Crippen LogP contribution in [0.2, 0.25) is 0 Å². The number of anilines is 1. The van der Waals surface area contributed by atoms with Crippen molar-refractivity contribution in [3.05, 3.63) is 66.5 Å². The summed E-state index contributed by atoms with van der Waals surface area (Å²) in [5.41, 5.74) is 4.82. The van der Waals surface area contributed by atoms with Crippen molar-refractivity contribution >= 4 is 17.8 Å². The molecule has 7 nitrogen and oxygen atoms in total. The summed E-state index contributed by atoms with van der Waals surface area (Å²) in [5.74, 6) is 0.528. The summed E-state index contributed by atoms with van der Waals surface area (Å²) in [7, 11) is 0. The van der Waals surface area contributed by atoms with Gasteiger partial charge in [-0.25, -0.2) is 4.68 Å². The number of likely N-dealkylation sites (tertiary alicyclic amines) is 1. The number of carbonyl (C=O) groups is 1. The van der Waals surface area contributed by atoms with E-state index in [1.807, 2.05) is 28.1 Å². The highest BCUT2D eigenvalue weighted by Crippen LogP contribution is 2.37. The van der Waals surface area contributed by atoms with Crippen LogP contribution in [0, 0.1) is 12.8 Å². The Morgan fingerprint density at radius 3 is 2.64 bits per heavy atom. The minimum Gasteiger partial charge on any atom is -0.390 e. The fourth-order valence-corrected chi connectivity index (χ4v) is 5.62. The lowest BCUT2D eigenvalue weighted by atomic mass is 9.84. The number of aryl methyl sites for hydroxylation is 1. The van der Waals surface area contributed by atoms with Crippen LogP contribution in [0.25, 0.3) is 16.8 Å². The van der Waals surface area contributed by atoms with Crippen LogP contribution >= 0.6 is 0 Å². The maximum atomic E-state index is 12.4. The molecule has 7 heteroatoms. The highest BCUT2D eigenvalue weighted by atomic mass is 16.3. The molecule has 3 aliphatic rings. The molecule has 36 heavy (non-hydrogen) atoms. The van der Waals surface area contributed by atoms with Crippen molar-refractivity contribution in [1.82, 2.24) is 14.7 Å². The third-order valence-electron chi connectivity index (χ3n) is 7.88. The van der Waals surface area contributed by atoms with Gasteiger partial charge in [-0.3, -0.25) is 9.80 Å². The van der Waals surface area contributed by atoms with Crippen molar-refractivity contribution in [3.63, 3.8) is 0 Å². The number of hydrazone groups is 1. The van der Waals surface area contributed by atoms with Crippen molar-refractivity contribution in [2.24, 2.45) is 11.0 Å². The number of carbonyl (C=O) groups excluding carboxylic acids is 1. The predicted octanol–water partition coefficient (Wildman–Crippen LogP) is 4.57. The molecule has 2 aliphatic heterocycles. The van der Waals surface area contributed by atoms with Crippen LogP contribution < -0.4 is 5.01 Å². The minimum absolute atomic E-state index is 0.110. The lowest BCUT2D eigenvalue weighted by molar-refractivity contribution is -0.137. The molecule has 186 valence electrons. The lowest BCUT2D eigenvalue weighted by Crippen LogP contribution is -2.49. The summed E-state index contributed by atoms with van der Waals surface area (Å²) >= 11 is 0. The van der Waals surface area contributed by atoms with Gasteiger partial charge < -0.3 is 10.0 Å². The molecule has 1 N–H and O–H groups in total. The zero-order valence-electron chi connectivity index (χ0n) is 20.8. The maximum absolute atomic E-state index is 12.4. The Hall–Kier alpha value is -3.45. The Morgan fingerprint density at radius 1 is 1.08 bits per heavy atom. The number of hydrogen-bond donors (Lipinski definition) is 1. The quantitative estimate of drug-likeness (QED) is 0.558. The summed E-state index contributed by atoms with van der Waals surface area (Å²) in [6, 6.07) is 16.9. The number of aromatic nitrogens is 2. The molecule has 3 aromatic rings. The van der Waals surface area contributed by atoms with E-state index in [-0.39, 0.29) is 17.9 Å². The molecule has 1 aliphatic carbocycles. The van der Waals surface area contributed by atoms with Crippen LogP contribution in [0.15, 0.2) is 66.0 Å². The SMILES string of the molecule is Cc1cc(-n2cccn2)ccc1-c1cccc(N2N=CCC2CC2(O)CCN(C(=O)C3CC3)CC2)c1. The first kappa shape index (κ1) is 23.0. The van der Waals surface area contributed by atoms with Gasteiger partial charge in [0, 0.05) is 44.0 Å². The molecule has 1 atom stereocenters. The Balaban J connectivity index is 1.16. The van der Waals surface area contributed by atoms with Gasteiger partial charge in [-0.1, -0.05) is 18.2 Å². The van der Waals surface area contributed by atoms with Gasteiger partial charge in [-0.2, -0.15) is 10.2 Å². The van der Waals surface area contributed by atoms with Crippen molar-refractivity contribution in [2.75, 3.05) is 18.1 Å². The number of nitrogens with zero attached hydrogens (tertiary/aromatic N) is 5. The van der Waals surface area contributed by atoms with E-state index < -0.39 is 5.60 Å². The Morgan fingerprint density at radius 2 is 1.92 bits per heavy atom. The second kappa shape index (κ2) is 9.21. The maximum Gasteiger partial charge on any atom is 0.225 e. The number of amides is 1. The Labute approximate surface area is 212 Å². The fraction of sp³-hybridized carbons (Fsp3) is 0.414. The smallest absolute Gasteiger partial charge is 0.225 e. The third kappa shape index (κ3) is 4.55. The minimum atomic E-state index is -0.756. The number of aliphatic hydroxyl groups is 1. The molecule has 1 aromatic heterocycles. The topological polar surface area (TPSA) is 74.0 Å². The molecule has 1 saturated carbocycles. The van der Waals surface area contributed by atoms with Crippen LogP contribution in [-0.4, -0.2) is 56.6 Å². The summed E-state index contributed by atoms with van der Waals surface area (Å²) in [6.07, 6.45) is 10.5. The van der Waals surface area contributed by atoms with E-state index in [1.54, 1.807) is 6.20 Å². The summed E-state index contributed by atoms with van der Waals surface area (Å²) in [6.45, 7) is 3.44. The number of hydrogen-bond acceptors (Lipinski definition) is 5. The second-order valence-corrected chi connectivity index (χ2v) is 10.6. The molecular formula is C29H33N5O2. The van der Waals surface area contributed by atoms with Gasteiger partial charge in [0.2, 0.25) is 5.91 Å². The molecule has 0 radical (unpaired) electrons. The molecule has 0 spiro atoms. The standard InChI is InChI=1S/C29H33N5O2/c1-21-18-24(33-15-3-13-30-33)8-9-27(21)23-4-2-5-25(19-23)34-26(10-14-31-34)20-29(36)11-16-32(17-12-29)28(35)22-6-7-22/h2-5,8-9,13-15,18-19,22,26,36H,6-7,10-12,16-17,20H2,1H3. The molecule has 3 heterocycles. The largest absolute Gasteiger partial charge is 0.390 e. The first-order valence-electron chi connectivity index (χ1n) is 13.0. The van der Waals surface area contributed by atoms with Gasteiger partial charge in [-0.05, 0) is 86.1 Å². The zero-order chi connectivity index (χ0) is 24.7. The first-order chi connectivity index (χ1) is 17.5. The van der Waals surface area contributed by atoms with Crippen LogP contribution in [0.1, 0.15) is 44.1 Å². The van der Waals surface area contributed by atoms with Gasteiger partial charge in [0.05, 0.1) is 23.0 Å². The summed E-state index contributed by atoms with van der Waals surface area (Å²) in [4.78, 5) is 14.4. The highest BCUT2D eigenvalue weighted by molar-refractivity contribution is 5.81. The van der Waals surface area contributed by atoms with Crippen LogP contribution in [-0.2, 0) is 4.79 Å². The molecule has 1 amide bonds. The molecular weight excluding hydrogens is 450 g/mol. The van der Waals surface area contributed by atoms with Crippen LogP contribution in [0.4, 0.5) is 5.69 Å². The first-order valence-corrected chi connectivity index (χ1v) is 13.0. The molecule has 6 rings (SSSR count). The van der Waals surface area contributed by atoms with E-state index in [4.69, 9.17) is 0 Å². The van der Waals surface area contributed by atoms with E-state index in [1.165, 1.54) is 11.1 Å². The normalized spacial score (nSPS) is 21.2. The average Bonchev–Trinajstić information content (AvgIpc) is 3.39. The summed E-state index contributed by atoms with van der Waals surface area (Å²) < 4.78 is 1.87. The lowest BCUT2D eigenvalue weighted by Gasteiger charge is -2.40. The van der Waals surface area contributed by atoms with Crippen molar-refractivity contribution in [2.45, 2.75) is 57.1 Å². The second-order valence-electron chi connectivity index (χ2n) is 10.6. The van der Waals surface area contributed by atoms with E-state index in [2.05, 4.69) is 64.6 Å². The number of piperidine rings is 1. The highest BCUT2D eigenvalue weighted by Gasteiger charge is 2.41. The van der Waals surface area contributed by atoms with E-state index in [0.717, 1.165) is 36.2 Å².